The van der Waals surface area contributed by atoms with E-state index in [0.717, 1.165) is 56.7 Å². The summed E-state index contributed by atoms with van der Waals surface area (Å²) in [5.41, 5.74) is 1.20. The fourth-order valence-corrected chi connectivity index (χ4v) is 3.57. The van der Waals surface area contributed by atoms with Crippen LogP contribution in [0.3, 0.4) is 0 Å². The zero-order valence-corrected chi connectivity index (χ0v) is 20.9. The molecule has 166 valence electrons. The van der Waals surface area contributed by atoms with Gasteiger partial charge in [0.05, 0.1) is 27.4 Å². The summed E-state index contributed by atoms with van der Waals surface area (Å²) in [6.07, 6.45) is 0.896. The van der Waals surface area contributed by atoms with E-state index >= 15 is 0 Å². The maximum Gasteiger partial charge on any atom is 0.193 e. The van der Waals surface area contributed by atoms with Crippen molar-refractivity contribution < 1.29 is 14.2 Å². The minimum absolute atomic E-state index is 0. The number of halogens is 1. The molecule has 1 aliphatic heterocycles. The third kappa shape index (κ3) is 7.49. The highest BCUT2D eigenvalue weighted by atomic mass is 127. The molecule has 7 nitrogen and oxygen atoms in total. The molecule has 0 aliphatic carbocycles. The molecule has 8 heteroatoms. The Kier molecular flexibility index (Phi) is 11.7. The number of hydrogen-bond donors (Lipinski definition) is 1. The van der Waals surface area contributed by atoms with Crippen LogP contribution in [-0.4, -0.2) is 89.0 Å². The Labute approximate surface area is 192 Å². The smallest absolute Gasteiger partial charge is 0.193 e. The molecule has 1 aliphatic rings. The van der Waals surface area contributed by atoms with Crippen molar-refractivity contribution in [2.45, 2.75) is 32.4 Å². The average molecular weight is 520 g/mol. The summed E-state index contributed by atoms with van der Waals surface area (Å²) in [6.45, 7) is 8.80. The Morgan fingerprint density at radius 2 is 2.07 bits per heavy atom. The zero-order chi connectivity index (χ0) is 20.5. The molecule has 1 aromatic carbocycles. The van der Waals surface area contributed by atoms with Gasteiger partial charge in [-0.15, -0.1) is 24.0 Å². The minimum atomic E-state index is 0. The summed E-state index contributed by atoms with van der Waals surface area (Å²) < 4.78 is 16.2. The van der Waals surface area contributed by atoms with E-state index in [9.17, 15) is 0 Å². The van der Waals surface area contributed by atoms with E-state index in [0.29, 0.717) is 12.1 Å². The van der Waals surface area contributed by atoms with Crippen LogP contribution in [0.4, 0.5) is 0 Å². The van der Waals surface area contributed by atoms with Crippen LogP contribution in [0.15, 0.2) is 23.2 Å². The highest BCUT2D eigenvalue weighted by molar-refractivity contribution is 14.0. The first kappa shape index (κ1) is 25.8. The molecule has 0 saturated carbocycles. The molecule has 0 radical (unpaired) electrons. The predicted octanol–water partition coefficient (Wildman–Crippen LogP) is 2.48. The number of nitrogens with one attached hydrogen (secondary N) is 1. The number of hydrogen-bond acceptors (Lipinski definition) is 5. The van der Waals surface area contributed by atoms with Gasteiger partial charge in [0, 0.05) is 45.8 Å². The van der Waals surface area contributed by atoms with Crippen LogP contribution in [0.5, 0.6) is 11.5 Å². The van der Waals surface area contributed by atoms with Crippen LogP contribution < -0.4 is 14.8 Å². The van der Waals surface area contributed by atoms with Crippen molar-refractivity contribution in [1.82, 2.24) is 15.1 Å². The summed E-state index contributed by atoms with van der Waals surface area (Å²) in [5.74, 6) is 2.43. The molecule has 0 aromatic heterocycles. The van der Waals surface area contributed by atoms with E-state index in [1.54, 1.807) is 14.2 Å². The maximum absolute atomic E-state index is 5.54. The summed E-state index contributed by atoms with van der Waals surface area (Å²) in [6, 6.07) is 6.94. The van der Waals surface area contributed by atoms with Crippen molar-refractivity contribution >= 4 is 29.9 Å². The number of aliphatic imine (C=N–C) groups is 1. The normalized spacial score (nSPS) is 18.6. The number of methoxy groups -OCH3 is 2. The van der Waals surface area contributed by atoms with E-state index in [2.05, 4.69) is 47.1 Å². The second kappa shape index (κ2) is 13.1. The number of guanidine groups is 1. The molecule has 1 aromatic rings. The van der Waals surface area contributed by atoms with Crippen molar-refractivity contribution in [3.8, 4) is 11.5 Å². The lowest BCUT2D eigenvalue weighted by Gasteiger charge is -2.38. The summed E-state index contributed by atoms with van der Waals surface area (Å²) in [5, 5.41) is 3.51. The number of benzene rings is 1. The van der Waals surface area contributed by atoms with Gasteiger partial charge in [-0.3, -0.25) is 9.89 Å². The largest absolute Gasteiger partial charge is 0.493 e. The molecule has 0 spiro atoms. The van der Waals surface area contributed by atoms with Crippen molar-refractivity contribution in [2.24, 2.45) is 4.99 Å². The number of rotatable bonds is 8. The van der Waals surface area contributed by atoms with Gasteiger partial charge in [-0.25, -0.2) is 0 Å². The third-order valence-corrected chi connectivity index (χ3v) is 5.30. The second-order valence-corrected chi connectivity index (χ2v) is 7.30. The van der Waals surface area contributed by atoms with Gasteiger partial charge in [0.15, 0.2) is 17.5 Å². The Hall–Kier alpha value is -1.26. The van der Waals surface area contributed by atoms with Gasteiger partial charge in [-0.2, -0.15) is 0 Å². The van der Waals surface area contributed by atoms with Crippen molar-refractivity contribution in [2.75, 3.05) is 61.2 Å². The van der Waals surface area contributed by atoms with Gasteiger partial charge >= 0.3 is 0 Å². The minimum Gasteiger partial charge on any atom is -0.493 e. The number of nitrogens with zero attached hydrogens (tertiary/aromatic N) is 3. The van der Waals surface area contributed by atoms with E-state index in [1.807, 2.05) is 19.2 Å². The number of ether oxygens (including phenoxy) is 3. The molecular weight excluding hydrogens is 483 g/mol. The van der Waals surface area contributed by atoms with E-state index in [4.69, 9.17) is 14.2 Å². The molecule has 2 unspecified atom stereocenters. The van der Waals surface area contributed by atoms with E-state index in [1.165, 1.54) is 5.56 Å². The molecule has 29 heavy (non-hydrogen) atoms. The fraction of sp³-hybridized carbons (Fsp3) is 0.667. The highest BCUT2D eigenvalue weighted by Crippen LogP contribution is 2.27. The van der Waals surface area contributed by atoms with Crippen molar-refractivity contribution in [3.05, 3.63) is 23.8 Å². The lowest BCUT2D eigenvalue weighted by atomic mass is 10.1. The molecule has 1 N–H and O–H groups in total. The summed E-state index contributed by atoms with van der Waals surface area (Å²) in [7, 11) is 7.21. The van der Waals surface area contributed by atoms with Crippen LogP contribution in [0, 0.1) is 0 Å². The highest BCUT2D eigenvalue weighted by Gasteiger charge is 2.23. The van der Waals surface area contributed by atoms with Crippen LogP contribution in [0.25, 0.3) is 0 Å². The number of likely N-dealkylation sites (N-methyl/N-ethyl adjacent to an activating group) is 1. The zero-order valence-electron chi connectivity index (χ0n) is 18.6. The third-order valence-electron chi connectivity index (χ3n) is 5.30. The van der Waals surface area contributed by atoms with Crippen LogP contribution in [0.1, 0.15) is 19.4 Å². The number of morpholine rings is 1. The first-order valence-corrected chi connectivity index (χ1v) is 9.96. The monoisotopic (exact) mass is 520 g/mol. The lowest BCUT2D eigenvalue weighted by molar-refractivity contribution is -0.0174. The van der Waals surface area contributed by atoms with Crippen LogP contribution >= 0.6 is 24.0 Å². The van der Waals surface area contributed by atoms with Gasteiger partial charge < -0.3 is 24.4 Å². The van der Waals surface area contributed by atoms with Gasteiger partial charge in [0.2, 0.25) is 0 Å². The first-order valence-electron chi connectivity index (χ1n) is 9.96. The second-order valence-electron chi connectivity index (χ2n) is 7.30. The van der Waals surface area contributed by atoms with Crippen molar-refractivity contribution in [3.63, 3.8) is 0 Å². The fourth-order valence-electron chi connectivity index (χ4n) is 3.57. The van der Waals surface area contributed by atoms with Gasteiger partial charge in [-0.05, 0) is 38.0 Å². The van der Waals surface area contributed by atoms with Crippen LogP contribution in [-0.2, 0) is 11.2 Å². The molecule has 2 atom stereocenters. The van der Waals surface area contributed by atoms with E-state index in [-0.39, 0.29) is 24.0 Å². The van der Waals surface area contributed by atoms with E-state index < -0.39 is 0 Å². The topological polar surface area (TPSA) is 58.6 Å². The quantitative estimate of drug-likeness (QED) is 0.323. The van der Waals surface area contributed by atoms with Gasteiger partial charge in [-0.1, -0.05) is 6.07 Å². The Bertz CT molecular complexity index is 644. The SMILES string of the molecule is CN=C(NCC(C)N1CCOCC1C)N(C)CCc1ccc(OC)c(OC)c1.I. The standard InChI is InChI=1S/C21H36N4O3.HI/c1-16(25-11-12-28-15-17(25)2)14-23-21(22-3)24(4)10-9-18-7-8-19(26-5)20(13-18)27-6;/h7-8,13,16-17H,9-12,14-15H2,1-6H3,(H,22,23);1H. The molecule has 1 heterocycles. The van der Waals surface area contributed by atoms with Crippen LogP contribution in [0.2, 0.25) is 0 Å². The first-order chi connectivity index (χ1) is 13.5. The molecule has 2 rings (SSSR count). The van der Waals surface area contributed by atoms with Gasteiger partial charge in [0.25, 0.3) is 0 Å². The molecule has 0 amide bonds. The maximum atomic E-state index is 5.54. The Morgan fingerprint density at radius 3 is 2.69 bits per heavy atom. The molecule has 1 fully saturated rings. The van der Waals surface area contributed by atoms with Gasteiger partial charge in [0.1, 0.15) is 0 Å². The summed E-state index contributed by atoms with van der Waals surface area (Å²) in [4.78, 5) is 9.09. The molecule has 1 saturated heterocycles. The average Bonchev–Trinajstić information content (AvgIpc) is 2.72. The Balaban J connectivity index is 0.00000420. The molecule has 0 bridgehead atoms. The van der Waals surface area contributed by atoms with Crippen molar-refractivity contribution in [1.29, 1.82) is 0 Å². The molecular formula is C21H37IN4O3. The predicted molar refractivity (Wildman–Crippen MR) is 129 cm³/mol. The Morgan fingerprint density at radius 1 is 1.34 bits per heavy atom. The summed E-state index contributed by atoms with van der Waals surface area (Å²) >= 11 is 0. The lowest BCUT2D eigenvalue weighted by Crippen LogP contribution is -2.53.